The summed E-state index contributed by atoms with van der Waals surface area (Å²) in [6.07, 6.45) is 1.11. The van der Waals surface area contributed by atoms with E-state index in [0.717, 1.165) is 6.26 Å². The number of ether oxygens (including phenoxy) is 1. The van der Waals surface area contributed by atoms with E-state index in [4.69, 9.17) is 4.74 Å². The molecule has 0 atom stereocenters. The summed E-state index contributed by atoms with van der Waals surface area (Å²) >= 11 is 0. The molecule has 2 aromatic rings. The molecule has 0 aromatic heterocycles. The molecule has 128 valence electrons. The molecule has 0 aliphatic rings. The van der Waals surface area contributed by atoms with Gasteiger partial charge in [-0.25, -0.2) is 8.42 Å². The van der Waals surface area contributed by atoms with Crippen molar-refractivity contribution in [3.05, 3.63) is 54.1 Å². The molecule has 0 saturated heterocycles. The highest BCUT2D eigenvalue weighted by Gasteiger charge is 2.11. The lowest BCUT2D eigenvalue weighted by molar-refractivity contribution is 0.102. The van der Waals surface area contributed by atoms with E-state index in [1.54, 1.807) is 48.5 Å². The van der Waals surface area contributed by atoms with Crippen molar-refractivity contribution >= 4 is 27.3 Å². The van der Waals surface area contributed by atoms with Crippen molar-refractivity contribution in [3.8, 4) is 5.75 Å². The van der Waals surface area contributed by atoms with Gasteiger partial charge in [-0.1, -0.05) is 12.1 Å². The minimum Gasteiger partial charge on any atom is -0.491 e. The largest absolute Gasteiger partial charge is 0.491 e. The number of amides is 1. The lowest BCUT2D eigenvalue weighted by Gasteiger charge is -2.13. The topological polar surface area (TPSA) is 84.5 Å². The lowest BCUT2D eigenvalue weighted by Crippen LogP contribution is -2.16. The van der Waals surface area contributed by atoms with Gasteiger partial charge in [0, 0.05) is 5.56 Å². The molecule has 0 spiro atoms. The van der Waals surface area contributed by atoms with Crippen LogP contribution in [0.15, 0.2) is 48.5 Å². The smallest absolute Gasteiger partial charge is 0.255 e. The Morgan fingerprint density at radius 3 is 2.12 bits per heavy atom. The average Bonchev–Trinajstić information content (AvgIpc) is 2.48. The summed E-state index contributed by atoms with van der Waals surface area (Å²) in [5, 5.41) is 2.70. The van der Waals surface area contributed by atoms with Crippen LogP contribution in [-0.4, -0.2) is 26.7 Å². The van der Waals surface area contributed by atoms with Crippen LogP contribution in [0.5, 0.6) is 5.75 Å². The second-order valence-corrected chi connectivity index (χ2v) is 7.31. The van der Waals surface area contributed by atoms with Crippen LogP contribution in [0.1, 0.15) is 24.2 Å². The summed E-state index contributed by atoms with van der Waals surface area (Å²) in [5.41, 5.74) is 1.14. The fourth-order valence-electron chi connectivity index (χ4n) is 2.03. The molecule has 7 heteroatoms. The van der Waals surface area contributed by atoms with Crippen molar-refractivity contribution in [2.75, 3.05) is 16.3 Å². The van der Waals surface area contributed by atoms with Gasteiger partial charge in [0.25, 0.3) is 5.91 Å². The Morgan fingerprint density at radius 1 is 1.00 bits per heavy atom. The molecule has 24 heavy (non-hydrogen) atoms. The molecular weight excluding hydrogens is 328 g/mol. The summed E-state index contributed by atoms with van der Waals surface area (Å²) in [6, 6.07) is 13.3. The van der Waals surface area contributed by atoms with Crippen LogP contribution in [-0.2, 0) is 10.0 Å². The van der Waals surface area contributed by atoms with Crippen LogP contribution in [0.3, 0.4) is 0 Å². The number of hydrogen-bond acceptors (Lipinski definition) is 4. The maximum Gasteiger partial charge on any atom is 0.255 e. The van der Waals surface area contributed by atoms with Gasteiger partial charge < -0.3 is 10.1 Å². The number of carbonyl (C=O) groups is 1. The van der Waals surface area contributed by atoms with E-state index in [-0.39, 0.29) is 12.0 Å². The Balaban J connectivity index is 2.15. The van der Waals surface area contributed by atoms with Crippen LogP contribution >= 0.6 is 0 Å². The predicted octanol–water partition coefficient (Wildman–Crippen LogP) is 3.10. The first-order valence-corrected chi connectivity index (χ1v) is 9.28. The zero-order valence-electron chi connectivity index (χ0n) is 13.7. The van der Waals surface area contributed by atoms with Gasteiger partial charge in [0.15, 0.2) is 0 Å². The first-order chi connectivity index (χ1) is 11.2. The van der Waals surface area contributed by atoms with E-state index in [1.165, 1.54) is 0 Å². The van der Waals surface area contributed by atoms with E-state index in [0.29, 0.717) is 22.7 Å². The van der Waals surface area contributed by atoms with Gasteiger partial charge in [-0.05, 0) is 50.2 Å². The lowest BCUT2D eigenvalue weighted by atomic mass is 10.2. The Hall–Kier alpha value is -2.54. The molecule has 1 amide bonds. The van der Waals surface area contributed by atoms with E-state index in [2.05, 4.69) is 10.0 Å². The summed E-state index contributed by atoms with van der Waals surface area (Å²) in [6.45, 7) is 3.85. The molecule has 2 aromatic carbocycles. The van der Waals surface area contributed by atoms with Gasteiger partial charge in [-0.2, -0.15) is 0 Å². The first kappa shape index (κ1) is 17.8. The van der Waals surface area contributed by atoms with E-state index in [1.807, 2.05) is 13.8 Å². The zero-order valence-corrected chi connectivity index (χ0v) is 14.6. The third-order valence-corrected chi connectivity index (χ3v) is 3.55. The second kappa shape index (κ2) is 7.35. The van der Waals surface area contributed by atoms with Crippen LogP contribution in [0.25, 0.3) is 0 Å². The summed E-state index contributed by atoms with van der Waals surface area (Å²) in [4.78, 5) is 12.3. The molecule has 0 aliphatic carbocycles. The number of benzene rings is 2. The number of hydrogen-bond donors (Lipinski definition) is 2. The highest BCUT2D eigenvalue weighted by Crippen LogP contribution is 2.23. The molecule has 0 saturated carbocycles. The second-order valence-electron chi connectivity index (χ2n) is 5.56. The molecule has 2 N–H and O–H groups in total. The molecule has 0 radical (unpaired) electrons. The maximum absolute atomic E-state index is 12.3. The number of anilines is 2. The molecule has 2 rings (SSSR count). The molecule has 6 nitrogen and oxygen atoms in total. The van der Waals surface area contributed by atoms with Gasteiger partial charge in [0.1, 0.15) is 5.75 Å². The zero-order chi connectivity index (χ0) is 17.7. The Kier molecular flexibility index (Phi) is 5.46. The summed E-state index contributed by atoms with van der Waals surface area (Å²) in [5.74, 6) is 0.342. The molecule has 0 heterocycles. The number of nitrogens with one attached hydrogen (secondary N) is 2. The minimum atomic E-state index is -3.44. The minimum absolute atomic E-state index is 0.0543. The highest BCUT2D eigenvalue weighted by atomic mass is 32.2. The van der Waals surface area contributed by atoms with Crippen molar-refractivity contribution < 1.29 is 17.9 Å². The summed E-state index contributed by atoms with van der Waals surface area (Å²) < 4.78 is 30.7. The van der Waals surface area contributed by atoms with E-state index >= 15 is 0 Å². The Morgan fingerprint density at radius 2 is 1.58 bits per heavy atom. The third kappa shape index (κ3) is 5.27. The van der Waals surface area contributed by atoms with Crippen molar-refractivity contribution in [3.63, 3.8) is 0 Å². The highest BCUT2D eigenvalue weighted by molar-refractivity contribution is 7.92. The number of carbonyl (C=O) groups excluding carboxylic acids is 1. The van der Waals surface area contributed by atoms with Crippen LogP contribution < -0.4 is 14.8 Å². The summed E-state index contributed by atoms with van der Waals surface area (Å²) in [7, 11) is -3.44. The van der Waals surface area contributed by atoms with Gasteiger partial charge >= 0.3 is 0 Å². The molecule has 0 aliphatic heterocycles. The first-order valence-electron chi connectivity index (χ1n) is 7.39. The number of para-hydroxylation sites is 2. The molecule has 0 bridgehead atoms. The monoisotopic (exact) mass is 348 g/mol. The van der Waals surface area contributed by atoms with Crippen LogP contribution in [0.2, 0.25) is 0 Å². The van der Waals surface area contributed by atoms with Gasteiger partial charge in [0.2, 0.25) is 10.0 Å². The SMILES string of the molecule is CC(C)Oc1ccc(C(=O)Nc2ccccc2NS(C)(=O)=O)cc1. The van der Waals surface area contributed by atoms with Crippen LogP contribution in [0.4, 0.5) is 11.4 Å². The van der Waals surface area contributed by atoms with Crippen molar-refractivity contribution in [1.82, 2.24) is 0 Å². The predicted molar refractivity (Wildman–Crippen MR) is 95.1 cm³/mol. The third-order valence-electron chi connectivity index (χ3n) is 2.96. The maximum atomic E-state index is 12.3. The fourth-order valence-corrected chi connectivity index (χ4v) is 2.61. The van der Waals surface area contributed by atoms with Crippen molar-refractivity contribution in [2.24, 2.45) is 0 Å². The van der Waals surface area contributed by atoms with Gasteiger partial charge in [-0.3, -0.25) is 9.52 Å². The Labute approximate surface area is 141 Å². The quantitative estimate of drug-likeness (QED) is 0.840. The van der Waals surface area contributed by atoms with Gasteiger partial charge in [0.05, 0.1) is 23.7 Å². The van der Waals surface area contributed by atoms with Crippen LogP contribution in [0, 0.1) is 0 Å². The number of sulfonamides is 1. The standard InChI is InChI=1S/C17H20N2O4S/c1-12(2)23-14-10-8-13(9-11-14)17(20)18-15-6-4-5-7-16(15)19-24(3,21)22/h4-12,19H,1-3H3,(H,18,20). The van der Waals surface area contributed by atoms with Crippen molar-refractivity contribution in [2.45, 2.75) is 20.0 Å². The van der Waals surface area contributed by atoms with Gasteiger partial charge in [-0.15, -0.1) is 0 Å². The van der Waals surface area contributed by atoms with Crippen molar-refractivity contribution in [1.29, 1.82) is 0 Å². The fraction of sp³-hybridized carbons (Fsp3) is 0.235. The molecular formula is C17H20N2O4S. The molecule has 0 fully saturated rings. The molecule has 0 unspecified atom stereocenters. The van der Waals surface area contributed by atoms with E-state index in [9.17, 15) is 13.2 Å². The normalized spacial score (nSPS) is 11.2. The Bertz CT molecular complexity index is 815. The van der Waals surface area contributed by atoms with E-state index < -0.39 is 10.0 Å². The average molecular weight is 348 g/mol. The number of rotatable bonds is 6.